The van der Waals surface area contributed by atoms with E-state index in [-0.39, 0.29) is 18.0 Å². The van der Waals surface area contributed by atoms with Crippen LogP contribution in [0.4, 0.5) is 4.39 Å². The number of benzene rings is 1. The summed E-state index contributed by atoms with van der Waals surface area (Å²) in [5, 5.41) is 0. The van der Waals surface area contributed by atoms with Crippen LogP contribution < -0.4 is 11.3 Å². The zero-order chi connectivity index (χ0) is 11.5. The number of nitrogens with two attached hydrogens (primary N) is 1. The van der Waals surface area contributed by atoms with Gasteiger partial charge < -0.3 is 4.74 Å². The van der Waals surface area contributed by atoms with E-state index in [1.54, 1.807) is 19.2 Å². The fourth-order valence-electron chi connectivity index (χ4n) is 2.11. The lowest BCUT2D eigenvalue weighted by molar-refractivity contribution is 0.0496. The van der Waals surface area contributed by atoms with Gasteiger partial charge in [-0.25, -0.2) is 4.39 Å². The van der Waals surface area contributed by atoms with Gasteiger partial charge in [0.25, 0.3) is 0 Å². The summed E-state index contributed by atoms with van der Waals surface area (Å²) >= 11 is 0. The zero-order valence-corrected chi connectivity index (χ0v) is 9.32. The van der Waals surface area contributed by atoms with Gasteiger partial charge in [0.1, 0.15) is 5.82 Å². The number of ether oxygens (including phenoxy) is 1. The van der Waals surface area contributed by atoms with Crippen LogP contribution >= 0.6 is 0 Å². The van der Waals surface area contributed by atoms with Crippen LogP contribution in [-0.4, -0.2) is 13.2 Å². The fourth-order valence-corrected chi connectivity index (χ4v) is 2.11. The molecule has 0 bridgehead atoms. The molecule has 0 spiro atoms. The van der Waals surface area contributed by atoms with Crippen LogP contribution in [0.25, 0.3) is 0 Å². The average Bonchev–Trinajstić information content (AvgIpc) is 3.11. The van der Waals surface area contributed by atoms with E-state index >= 15 is 0 Å². The Morgan fingerprint density at radius 2 is 2.12 bits per heavy atom. The molecule has 1 aliphatic rings. The molecule has 2 rings (SSSR count). The number of methoxy groups -OCH3 is 1. The Kier molecular flexibility index (Phi) is 3.53. The van der Waals surface area contributed by atoms with Crippen molar-refractivity contribution in [1.29, 1.82) is 0 Å². The number of rotatable bonds is 5. The molecule has 2 atom stereocenters. The predicted octanol–water partition coefficient (Wildman–Crippen LogP) is 1.76. The third kappa shape index (κ3) is 2.24. The van der Waals surface area contributed by atoms with Gasteiger partial charge in [0.05, 0.1) is 12.1 Å². The molecule has 3 N–H and O–H groups in total. The summed E-state index contributed by atoms with van der Waals surface area (Å²) in [4.78, 5) is 0. The van der Waals surface area contributed by atoms with E-state index in [0.29, 0.717) is 11.5 Å². The van der Waals surface area contributed by atoms with Crippen molar-refractivity contribution in [2.75, 3.05) is 7.11 Å². The molecular formula is C12H17FN2O. The molecule has 88 valence electrons. The van der Waals surface area contributed by atoms with Gasteiger partial charge in [0.2, 0.25) is 0 Å². The molecule has 0 aromatic heterocycles. The first-order chi connectivity index (χ1) is 7.77. The first kappa shape index (κ1) is 11.5. The Morgan fingerprint density at radius 1 is 1.44 bits per heavy atom. The van der Waals surface area contributed by atoms with Crippen LogP contribution in [0.5, 0.6) is 0 Å². The van der Waals surface area contributed by atoms with Gasteiger partial charge in [-0.3, -0.25) is 11.3 Å². The number of hydrazine groups is 1. The van der Waals surface area contributed by atoms with Crippen LogP contribution in [-0.2, 0) is 4.74 Å². The summed E-state index contributed by atoms with van der Waals surface area (Å²) in [6.45, 7) is 0. The first-order valence-corrected chi connectivity index (χ1v) is 5.51. The van der Waals surface area contributed by atoms with E-state index in [4.69, 9.17) is 10.6 Å². The van der Waals surface area contributed by atoms with Crippen molar-refractivity contribution in [3.63, 3.8) is 0 Å². The normalized spacial score (nSPS) is 19.4. The molecule has 1 saturated carbocycles. The quantitative estimate of drug-likeness (QED) is 0.591. The number of hydrogen-bond donors (Lipinski definition) is 2. The smallest absolute Gasteiger partial charge is 0.128 e. The van der Waals surface area contributed by atoms with Gasteiger partial charge in [-0.2, -0.15) is 0 Å². The second-order valence-corrected chi connectivity index (χ2v) is 4.20. The van der Waals surface area contributed by atoms with Crippen LogP contribution in [0.1, 0.15) is 24.4 Å². The van der Waals surface area contributed by atoms with E-state index in [2.05, 4.69) is 5.43 Å². The molecule has 0 heterocycles. The van der Waals surface area contributed by atoms with Gasteiger partial charge in [-0.15, -0.1) is 0 Å². The van der Waals surface area contributed by atoms with E-state index in [1.165, 1.54) is 6.07 Å². The maximum absolute atomic E-state index is 13.7. The van der Waals surface area contributed by atoms with Crippen molar-refractivity contribution in [3.05, 3.63) is 35.6 Å². The van der Waals surface area contributed by atoms with Gasteiger partial charge >= 0.3 is 0 Å². The molecule has 3 nitrogen and oxygen atoms in total. The Bertz CT molecular complexity index is 355. The molecule has 0 aliphatic heterocycles. The molecule has 1 aromatic rings. The summed E-state index contributed by atoms with van der Waals surface area (Å²) in [5.74, 6) is 5.77. The first-order valence-electron chi connectivity index (χ1n) is 5.51. The van der Waals surface area contributed by atoms with E-state index in [9.17, 15) is 4.39 Å². The van der Waals surface area contributed by atoms with Gasteiger partial charge in [0, 0.05) is 12.7 Å². The van der Waals surface area contributed by atoms with Crippen molar-refractivity contribution in [1.82, 2.24) is 5.43 Å². The van der Waals surface area contributed by atoms with E-state index in [1.807, 2.05) is 6.07 Å². The molecule has 0 saturated heterocycles. The zero-order valence-electron chi connectivity index (χ0n) is 9.32. The largest absolute Gasteiger partial charge is 0.379 e. The lowest BCUT2D eigenvalue weighted by Gasteiger charge is -2.26. The predicted molar refractivity (Wildman–Crippen MR) is 60.0 cm³/mol. The Balaban J connectivity index is 2.23. The maximum atomic E-state index is 13.7. The number of hydrogen-bond acceptors (Lipinski definition) is 3. The van der Waals surface area contributed by atoms with Gasteiger partial charge in [-0.1, -0.05) is 18.2 Å². The highest BCUT2D eigenvalue weighted by Crippen LogP contribution is 2.39. The minimum atomic E-state index is -0.279. The highest BCUT2D eigenvalue weighted by Gasteiger charge is 2.37. The van der Waals surface area contributed by atoms with E-state index in [0.717, 1.165) is 12.8 Å². The van der Waals surface area contributed by atoms with Crippen molar-refractivity contribution >= 4 is 0 Å². The fraction of sp³-hybridized carbons (Fsp3) is 0.500. The minimum Gasteiger partial charge on any atom is -0.379 e. The van der Waals surface area contributed by atoms with Gasteiger partial charge in [0.15, 0.2) is 0 Å². The Hall–Kier alpha value is -0.970. The molecule has 4 heteroatoms. The Labute approximate surface area is 94.8 Å². The standard InChI is InChI=1S/C12H17FN2O/c1-16-12(8-6-7-8)11(15-14)9-4-2-3-5-10(9)13/h2-5,8,11-12,15H,6-7,14H2,1H3. The molecule has 1 aliphatic carbocycles. The second-order valence-electron chi connectivity index (χ2n) is 4.20. The van der Waals surface area contributed by atoms with Crippen LogP contribution in [0.15, 0.2) is 24.3 Å². The molecule has 1 aromatic carbocycles. The molecule has 0 amide bonds. The van der Waals surface area contributed by atoms with Crippen LogP contribution in [0, 0.1) is 11.7 Å². The molecule has 1 fully saturated rings. The van der Waals surface area contributed by atoms with Gasteiger partial charge in [-0.05, 0) is 24.8 Å². The minimum absolute atomic E-state index is 0.0538. The highest BCUT2D eigenvalue weighted by atomic mass is 19.1. The van der Waals surface area contributed by atoms with E-state index < -0.39 is 0 Å². The van der Waals surface area contributed by atoms with Crippen LogP contribution in [0.3, 0.4) is 0 Å². The SMILES string of the molecule is COC(C1CC1)C(NN)c1ccccc1F. The highest BCUT2D eigenvalue weighted by molar-refractivity contribution is 5.23. The monoisotopic (exact) mass is 224 g/mol. The molecule has 0 radical (unpaired) electrons. The second kappa shape index (κ2) is 4.91. The third-order valence-electron chi connectivity index (χ3n) is 3.11. The lowest BCUT2D eigenvalue weighted by atomic mass is 9.98. The van der Waals surface area contributed by atoms with Crippen molar-refractivity contribution in [2.24, 2.45) is 11.8 Å². The topological polar surface area (TPSA) is 47.3 Å². The number of nitrogens with one attached hydrogen (secondary N) is 1. The maximum Gasteiger partial charge on any atom is 0.128 e. The summed E-state index contributed by atoms with van der Waals surface area (Å²) in [6, 6.07) is 6.39. The molecule has 2 unspecified atom stereocenters. The summed E-state index contributed by atoms with van der Waals surface area (Å²) in [6.07, 6.45) is 2.21. The van der Waals surface area contributed by atoms with Crippen molar-refractivity contribution < 1.29 is 9.13 Å². The summed E-state index contributed by atoms with van der Waals surface area (Å²) in [7, 11) is 1.65. The molecule has 16 heavy (non-hydrogen) atoms. The van der Waals surface area contributed by atoms with Crippen LogP contribution in [0.2, 0.25) is 0 Å². The number of halogens is 1. The average molecular weight is 224 g/mol. The van der Waals surface area contributed by atoms with Crippen molar-refractivity contribution in [2.45, 2.75) is 25.0 Å². The van der Waals surface area contributed by atoms with Crippen molar-refractivity contribution in [3.8, 4) is 0 Å². The Morgan fingerprint density at radius 3 is 2.62 bits per heavy atom. The summed E-state index contributed by atoms with van der Waals surface area (Å²) < 4.78 is 19.1. The third-order valence-corrected chi connectivity index (χ3v) is 3.11. The summed E-state index contributed by atoms with van der Waals surface area (Å²) in [5.41, 5.74) is 3.24. The molecular weight excluding hydrogens is 207 g/mol. The lowest BCUT2D eigenvalue weighted by Crippen LogP contribution is -2.39.